The second kappa shape index (κ2) is 5.54. The molecular formula is C14H22N4O2. The number of hydrazine groups is 1. The number of methoxy groups -OCH3 is 2. The van der Waals surface area contributed by atoms with Crippen molar-refractivity contribution in [2.75, 3.05) is 14.2 Å². The molecule has 3 N–H and O–H groups in total. The summed E-state index contributed by atoms with van der Waals surface area (Å²) in [5, 5.41) is 0. The van der Waals surface area contributed by atoms with Crippen LogP contribution in [0.3, 0.4) is 0 Å². The van der Waals surface area contributed by atoms with E-state index in [1.807, 2.05) is 0 Å². The van der Waals surface area contributed by atoms with Gasteiger partial charge >= 0.3 is 0 Å². The minimum Gasteiger partial charge on any atom is -0.480 e. The zero-order valence-electron chi connectivity index (χ0n) is 12.0. The molecule has 0 radical (unpaired) electrons. The predicted octanol–water partition coefficient (Wildman–Crippen LogP) is 1.43. The molecule has 6 nitrogen and oxygen atoms in total. The lowest BCUT2D eigenvalue weighted by Gasteiger charge is -2.18. The molecule has 0 bridgehead atoms. The van der Waals surface area contributed by atoms with Crippen molar-refractivity contribution in [3.8, 4) is 11.8 Å². The number of rotatable bonds is 5. The molecule has 20 heavy (non-hydrogen) atoms. The number of fused-ring (bicyclic) bond motifs is 1. The maximum absolute atomic E-state index is 5.79. The largest absolute Gasteiger partial charge is 0.480 e. The SMILES string of the molecule is COc1cnc(C(NN)C2C3CCCCC32)c(OC)n1. The van der Waals surface area contributed by atoms with Crippen molar-refractivity contribution in [3.63, 3.8) is 0 Å². The molecule has 2 aliphatic carbocycles. The van der Waals surface area contributed by atoms with Crippen LogP contribution in [0.15, 0.2) is 6.20 Å². The molecule has 0 aliphatic heterocycles. The number of nitrogens with zero attached hydrogens (tertiary/aromatic N) is 2. The summed E-state index contributed by atoms with van der Waals surface area (Å²) in [5.41, 5.74) is 3.71. The lowest BCUT2D eigenvalue weighted by atomic mass is 10.0. The average Bonchev–Trinajstić information content (AvgIpc) is 3.23. The maximum Gasteiger partial charge on any atom is 0.240 e. The van der Waals surface area contributed by atoms with Crippen molar-refractivity contribution >= 4 is 0 Å². The zero-order valence-corrected chi connectivity index (χ0v) is 12.0. The van der Waals surface area contributed by atoms with Crippen LogP contribution in [-0.2, 0) is 0 Å². The predicted molar refractivity (Wildman–Crippen MR) is 74.1 cm³/mol. The Balaban J connectivity index is 1.86. The van der Waals surface area contributed by atoms with E-state index >= 15 is 0 Å². The molecule has 110 valence electrons. The van der Waals surface area contributed by atoms with Gasteiger partial charge in [-0.3, -0.25) is 11.3 Å². The van der Waals surface area contributed by atoms with Crippen LogP contribution in [0.5, 0.6) is 11.8 Å². The molecular weight excluding hydrogens is 256 g/mol. The summed E-state index contributed by atoms with van der Waals surface area (Å²) in [5.74, 6) is 8.85. The van der Waals surface area contributed by atoms with Crippen molar-refractivity contribution in [3.05, 3.63) is 11.9 Å². The number of aromatic nitrogens is 2. The smallest absolute Gasteiger partial charge is 0.240 e. The fourth-order valence-electron chi connectivity index (χ4n) is 3.74. The van der Waals surface area contributed by atoms with Gasteiger partial charge in [-0.2, -0.15) is 4.98 Å². The first-order valence-corrected chi connectivity index (χ1v) is 7.21. The molecule has 1 heterocycles. The zero-order chi connectivity index (χ0) is 14.1. The van der Waals surface area contributed by atoms with E-state index in [2.05, 4.69) is 15.4 Å². The summed E-state index contributed by atoms with van der Waals surface area (Å²) >= 11 is 0. The van der Waals surface area contributed by atoms with Gasteiger partial charge in [-0.25, -0.2) is 4.98 Å². The molecule has 0 amide bonds. The van der Waals surface area contributed by atoms with Crippen molar-refractivity contribution in [2.24, 2.45) is 23.6 Å². The molecule has 6 heteroatoms. The maximum atomic E-state index is 5.79. The number of nitrogens with two attached hydrogens (primary N) is 1. The highest BCUT2D eigenvalue weighted by molar-refractivity contribution is 5.28. The van der Waals surface area contributed by atoms with E-state index in [0.717, 1.165) is 17.5 Å². The van der Waals surface area contributed by atoms with Crippen LogP contribution in [0.4, 0.5) is 0 Å². The fourth-order valence-corrected chi connectivity index (χ4v) is 3.74. The van der Waals surface area contributed by atoms with E-state index in [1.165, 1.54) is 25.7 Å². The number of ether oxygens (including phenoxy) is 2. The molecule has 1 aromatic heterocycles. The number of hydrogen-bond acceptors (Lipinski definition) is 6. The average molecular weight is 278 g/mol. The normalized spacial score (nSPS) is 29.4. The first kappa shape index (κ1) is 13.6. The minimum atomic E-state index is 0.0106. The second-order valence-electron chi connectivity index (χ2n) is 5.64. The molecule has 3 rings (SSSR count). The third-order valence-corrected chi connectivity index (χ3v) is 4.73. The molecule has 0 saturated heterocycles. The minimum absolute atomic E-state index is 0.0106. The number of hydrogen-bond donors (Lipinski definition) is 2. The lowest BCUT2D eigenvalue weighted by Crippen LogP contribution is -2.31. The van der Waals surface area contributed by atoms with Gasteiger partial charge in [0, 0.05) is 0 Å². The monoisotopic (exact) mass is 278 g/mol. The van der Waals surface area contributed by atoms with Gasteiger partial charge in [-0.1, -0.05) is 12.8 Å². The lowest BCUT2D eigenvalue weighted by molar-refractivity contribution is 0.341. The Morgan fingerprint density at radius 1 is 1.25 bits per heavy atom. The van der Waals surface area contributed by atoms with Gasteiger partial charge in [0.1, 0.15) is 5.69 Å². The Morgan fingerprint density at radius 3 is 2.50 bits per heavy atom. The van der Waals surface area contributed by atoms with E-state index in [1.54, 1.807) is 20.4 Å². The summed E-state index contributed by atoms with van der Waals surface area (Å²) in [6, 6.07) is 0.0106. The highest BCUT2D eigenvalue weighted by Crippen LogP contribution is 2.60. The van der Waals surface area contributed by atoms with Gasteiger partial charge in [-0.15, -0.1) is 0 Å². The standard InChI is InChI=1S/C14H22N4O2/c1-19-10-7-16-13(14(17-10)20-2)12(18-15)11-8-5-3-4-6-9(8)11/h7-9,11-12,18H,3-6,15H2,1-2H3. The summed E-state index contributed by atoms with van der Waals surface area (Å²) in [7, 11) is 3.16. The van der Waals surface area contributed by atoms with Gasteiger partial charge in [0.25, 0.3) is 0 Å². The van der Waals surface area contributed by atoms with E-state index in [-0.39, 0.29) is 6.04 Å². The van der Waals surface area contributed by atoms with E-state index in [0.29, 0.717) is 17.7 Å². The van der Waals surface area contributed by atoms with Gasteiger partial charge in [0.2, 0.25) is 11.8 Å². The quantitative estimate of drug-likeness (QED) is 0.626. The van der Waals surface area contributed by atoms with Crippen molar-refractivity contribution in [2.45, 2.75) is 31.7 Å². The number of nitrogens with one attached hydrogen (secondary N) is 1. The third kappa shape index (κ3) is 2.23. The van der Waals surface area contributed by atoms with Gasteiger partial charge in [0.05, 0.1) is 26.5 Å². The Morgan fingerprint density at radius 2 is 1.95 bits per heavy atom. The molecule has 2 fully saturated rings. The molecule has 3 atom stereocenters. The van der Waals surface area contributed by atoms with E-state index < -0.39 is 0 Å². The highest BCUT2D eigenvalue weighted by Gasteiger charge is 2.55. The first-order chi connectivity index (χ1) is 9.80. The van der Waals surface area contributed by atoms with Crippen molar-refractivity contribution in [1.29, 1.82) is 0 Å². The van der Waals surface area contributed by atoms with Crippen LogP contribution < -0.4 is 20.7 Å². The third-order valence-electron chi connectivity index (χ3n) is 4.73. The molecule has 2 saturated carbocycles. The van der Waals surface area contributed by atoms with Crippen LogP contribution >= 0.6 is 0 Å². The van der Waals surface area contributed by atoms with Crippen LogP contribution in [0.25, 0.3) is 0 Å². The molecule has 2 aliphatic rings. The van der Waals surface area contributed by atoms with Crippen LogP contribution in [0.2, 0.25) is 0 Å². The van der Waals surface area contributed by atoms with Gasteiger partial charge < -0.3 is 9.47 Å². The van der Waals surface area contributed by atoms with Crippen molar-refractivity contribution in [1.82, 2.24) is 15.4 Å². The summed E-state index contributed by atoms with van der Waals surface area (Å²) < 4.78 is 10.4. The Bertz CT molecular complexity index is 470. The van der Waals surface area contributed by atoms with Gasteiger partial charge in [-0.05, 0) is 30.6 Å². The Labute approximate surface area is 119 Å². The summed E-state index contributed by atoms with van der Waals surface area (Å²) in [6.45, 7) is 0. The van der Waals surface area contributed by atoms with E-state index in [9.17, 15) is 0 Å². The topological polar surface area (TPSA) is 82.3 Å². The second-order valence-corrected chi connectivity index (χ2v) is 5.64. The van der Waals surface area contributed by atoms with Crippen LogP contribution in [0, 0.1) is 17.8 Å². The Hall–Kier alpha value is -1.40. The molecule has 0 spiro atoms. The van der Waals surface area contributed by atoms with Gasteiger partial charge in [0.15, 0.2) is 0 Å². The highest BCUT2D eigenvalue weighted by atomic mass is 16.5. The summed E-state index contributed by atoms with van der Waals surface area (Å²) in [4.78, 5) is 8.76. The molecule has 3 unspecified atom stereocenters. The first-order valence-electron chi connectivity index (χ1n) is 7.21. The molecule has 1 aromatic rings. The van der Waals surface area contributed by atoms with Crippen LogP contribution in [-0.4, -0.2) is 24.2 Å². The summed E-state index contributed by atoms with van der Waals surface area (Å²) in [6.07, 6.45) is 6.90. The van der Waals surface area contributed by atoms with Crippen LogP contribution in [0.1, 0.15) is 37.4 Å². The van der Waals surface area contributed by atoms with E-state index in [4.69, 9.17) is 15.3 Å². The van der Waals surface area contributed by atoms with Crippen molar-refractivity contribution < 1.29 is 9.47 Å². The fraction of sp³-hybridized carbons (Fsp3) is 0.714. The molecule has 0 aromatic carbocycles. The Kier molecular flexibility index (Phi) is 3.76.